The molecular formula is C6H15NO5. The quantitative estimate of drug-likeness (QED) is 0.296. The molecule has 0 fully saturated rings. The molecule has 6 heteroatoms. The van der Waals surface area contributed by atoms with Gasteiger partial charge in [-0.15, -0.1) is 0 Å². The molecule has 4 atom stereocenters. The topological polar surface area (TPSA) is 116 Å². The number of nitrogens with two attached hydrogens (primary N) is 1. The Morgan fingerprint density at radius 3 is 2.08 bits per heavy atom. The summed E-state index contributed by atoms with van der Waals surface area (Å²) in [5.74, 6) is 0. The van der Waals surface area contributed by atoms with Crippen LogP contribution in [0.15, 0.2) is 0 Å². The van der Waals surface area contributed by atoms with Gasteiger partial charge in [0.15, 0.2) is 12.5 Å². The molecule has 0 saturated carbocycles. The molecule has 0 aliphatic heterocycles. The van der Waals surface area contributed by atoms with E-state index in [1.165, 1.54) is 6.92 Å². The van der Waals surface area contributed by atoms with Crippen molar-refractivity contribution in [2.24, 2.45) is 5.73 Å². The lowest BCUT2D eigenvalue weighted by Gasteiger charge is -2.23. The van der Waals surface area contributed by atoms with E-state index in [9.17, 15) is 0 Å². The lowest BCUT2D eigenvalue weighted by Crippen LogP contribution is -2.42. The van der Waals surface area contributed by atoms with E-state index >= 15 is 0 Å². The number of aliphatic hydroxyl groups is 4. The van der Waals surface area contributed by atoms with Crippen molar-refractivity contribution < 1.29 is 25.2 Å². The summed E-state index contributed by atoms with van der Waals surface area (Å²) in [4.78, 5) is 0. The third-order valence-electron chi connectivity index (χ3n) is 1.32. The van der Waals surface area contributed by atoms with Gasteiger partial charge in [-0.05, 0) is 6.92 Å². The van der Waals surface area contributed by atoms with Gasteiger partial charge in [0, 0.05) is 0 Å². The fourth-order valence-corrected chi connectivity index (χ4v) is 0.569. The van der Waals surface area contributed by atoms with Gasteiger partial charge in [-0.1, -0.05) is 0 Å². The van der Waals surface area contributed by atoms with Crippen LogP contribution in [0.3, 0.4) is 0 Å². The summed E-state index contributed by atoms with van der Waals surface area (Å²) < 4.78 is 4.60. The lowest BCUT2D eigenvalue weighted by atomic mass is 10.2. The molecule has 0 amide bonds. The summed E-state index contributed by atoms with van der Waals surface area (Å²) in [5.41, 5.74) is 4.86. The van der Waals surface area contributed by atoms with Crippen molar-refractivity contribution in [2.75, 3.05) is 6.61 Å². The van der Waals surface area contributed by atoms with Crippen LogP contribution >= 0.6 is 0 Å². The van der Waals surface area contributed by atoms with Crippen molar-refractivity contribution in [1.29, 1.82) is 0 Å². The highest BCUT2D eigenvalue weighted by molar-refractivity contribution is 4.64. The van der Waals surface area contributed by atoms with Gasteiger partial charge < -0.3 is 30.9 Å². The van der Waals surface area contributed by atoms with Crippen molar-refractivity contribution in [3.8, 4) is 0 Å². The first-order valence-electron chi connectivity index (χ1n) is 3.55. The van der Waals surface area contributed by atoms with Gasteiger partial charge in [-0.25, -0.2) is 0 Å². The van der Waals surface area contributed by atoms with Crippen LogP contribution in [-0.4, -0.2) is 51.8 Å². The predicted octanol–water partition coefficient (Wildman–Crippen LogP) is -2.66. The minimum absolute atomic E-state index is 0.457. The highest BCUT2D eigenvalue weighted by Gasteiger charge is 2.21. The molecule has 0 bridgehead atoms. The Hall–Kier alpha value is -0.240. The Bertz CT molecular complexity index is 119. The predicted molar refractivity (Wildman–Crippen MR) is 39.8 cm³/mol. The molecule has 0 aliphatic carbocycles. The van der Waals surface area contributed by atoms with Crippen LogP contribution in [0.2, 0.25) is 0 Å². The molecule has 0 aromatic heterocycles. The van der Waals surface area contributed by atoms with Crippen LogP contribution in [0, 0.1) is 0 Å². The second kappa shape index (κ2) is 5.41. The van der Waals surface area contributed by atoms with E-state index < -0.39 is 31.3 Å². The molecule has 6 nitrogen and oxygen atoms in total. The van der Waals surface area contributed by atoms with Crippen LogP contribution in [0.25, 0.3) is 0 Å². The maximum Gasteiger partial charge on any atom is 0.195 e. The van der Waals surface area contributed by atoms with E-state index in [-0.39, 0.29) is 0 Å². The summed E-state index contributed by atoms with van der Waals surface area (Å²) in [6.45, 7) is 0.929. The van der Waals surface area contributed by atoms with Gasteiger partial charge in [0.25, 0.3) is 0 Å². The maximum absolute atomic E-state index is 8.92. The van der Waals surface area contributed by atoms with E-state index in [0.29, 0.717) is 0 Å². The summed E-state index contributed by atoms with van der Waals surface area (Å²) in [6.07, 6.45) is -5.03. The molecule has 0 spiro atoms. The minimum Gasteiger partial charge on any atom is -0.394 e. The number of hydrogen-bond donors (Lipinski definition) is 5. The fourth-order valence-electron chi connectivity index (χ4n) is 0.569. The molecule has 12 heavy (non-hydrogen) atoms. The zero-order valence-corrected chi connectivity index (χ0v) is 6.79. The monoisotopic (exact) mass is 181 g/mol. The van der Waals surface area contributed by atoms with E-state index in [0.717, 1.165) is 0 Å². The second-order valence-corrected chi connectivity index (χ2v) is 2.48. The van der Waals surface area contributed by atoms with E-state index in [1.54, 1.807) is 0 Å². The zero-order chi connectivity index (χ0) is 9.72. The number of rotatable bonds is 5. The molecule has 0 saturated heterocycles. The summed E-state index contributed by atoms with van der Waals surface area (Å²) in [7, 11) is 0. The van der Waals surface area contributed by atoms with Crippen molar-refractivity contribution in [1.82, 2.24) is 0 Å². The molecule has 0 radical (unpaired) electrons. The average molecular weight is 181 g/mol. The Morgan fingerprint density at radius 2 is 1.83 bits per heavy atom. The highest BCUT2D eigenvalue weighted by atomic mass is 16.6. The average Bonchev–Trinajstić information content (AvgIpc) is 1.98. The summed E-state index contributed by atoms with van der Waals surface area (Å²) >= 11 is 0. The van der Waals surface area contributed by atoms with Crippen molar-refractivity contribution in [3.63, 3.8) is 0 Å². The smallest absolute Gasteiger partial charge is 0.195 e. The van der Waals surface area contributed by atoms with Crippen molar-refractivity contribution in [3.05, 3.63) is 0 Å². The van der Waals surface area contributed by atoms with Crippen molar-refractivity contribution in [2.45, 2.75) is 31.6 Å². The molecule has 0 aromatic carbocycles. The fraction of sp³-hybridized carbons (Fsp3) is 1.00. The second-order valence-electron chi connectivity index (χ2n) is 2.48. The molecule has 6 N–H and O–H groups in total. The summed E-state index contributed by atoms with van der Waals surface area (Å²) in [6, 6.07) is 0. The molecule has 74 valence electrons. The third kappa shape index (κ3) is 3.96. The van der Waals surface area contributed by atoms with Gasteiger partial charge in [-0.3, -0.25) is 0 Å². The normalized spacial score (nSPS) is 21.5. The largest absolute Gasteiger partial charge is 0.394 e. The van der Waals surface area contributed by atoms with E-state index in [1.807, 2.05) is 0 Å². The van der Waals surface area contributed by atoms with Crippen LogP contribution in [0.5, 0.6) is 0 Å². The first kappa shape index (κ1) is 11.8. The lowest BCUT2D eigenvalue weighted by molar-refractivity contribution is -0.210. The Kier molecular flexibility index (Phi) is 5.31. The van der Waals surface area contributed by atoms with Crippen LogP contribution in [-0.2, 0) is 4.74 Å². The SMILES string of the molecule is CC(O)C(CO)OC(O)C(N)O. The van der Waals surface area contributed by atoms with Gasteiger partial charge in [0.05, 0.1) is 12.7 Å². The standard InChI is InChI=1S/C6H15NO5/c1-3(9)4(2-8)12-6(11)5(7)10/h3-6,8-11H,2,7H2,1H3. The number of ether oxygens (including phenoxy) is 1. The van der Waals surface area contributed by atoms with Crippen LogP contribution in [0.1, 0.15) is 6.92 Å². The molecule has 0 aromatic rings. The first-order chi connectivity index (χ1) is 5.49. The molecule has 0 rings (SSSR count). The number of hydrogen-bond acceptors (Lipinski definition) is 6. The Labute approximate surface area is 70.2 Å². The highest BCUT2D eigenvalue weighted by Crippen LogP contribution is 2.02. The molecule has 0 aliphatic rings. The summed E-state index contributed by atoms with van der Waals surface area (Å²) in [5, 5.41) is 35.0. The zero-order valence-electron chi connectivity index (χ0n) is 6.79. The van der Waals surface area contributed by atoms with Gasteiger partial charge in [0.2, 0.25) is 0 Å². The first-order valence-corrected chi connectivity index (χ1v) is 3.55. The van der Waals surface area contributed by atoms with Gasteiger partial charge in [0.1, 0.15) is 6.10 Å². The number of aliphatic hydroxyl groups excluding tert-OH is 4. The Balaban J connectivity index is 3.85. The van der Waals surface area contributed by atoms with Crippen LogP contribution < -0.4 is 5.73 Å². The molecule has 0 heterocycles. The molecule has 4 unspecified atom stereocenters. The maximum atomic E-state index is 8.92. The van der Waals surface area contributed by atoms with Crippen LogP contribution in [0.4, 0.5) is 0 Å². The molecular weight excluding hydrogens is 166 g/mol. The minimum atomic E-state index is -1.60. The third-order valence-corrected chi connectivity index (χ3v) is 1.32. The van der Waals surface area contributed by atoms with Crippen molar-refractivity contribution >= 4 is 0 Å². The van der Waals surface area contributed by atoms with E-state index in [2.05, 4.69) is 4.74 Å². The van der Waals surface area contributed by atoms with Gasteiger partial charge in [-0.2, -0.15) is 0 Å². The Morgan fingerprint density at radius 1 is 1.33 bits per heavy atom. The van der Waals surface area contributed by atoms with Gasteiger partial charge >= 0.3 is 0 Å². The van der Waals surface area contributed by atoms with E-state index in [4.69, 9.17) is 26.2 Å².